The highest BCUT2D eigenvalue weighted by molar-refractivity contribution is 6.31. The summed E-state index contributed by atoms with van der Waals surface area (Å²) in [6.07, 6.45) is 0. The van der Waals surface area contributed by atoms with Crippen molar-refractivity contribution in [2.24, 2.45) is 0 Å². The quantitative estimate of drug-likeness (QED) is 0.815. The van der Waals surface area contributed by atoms with Crippen LogP contribution >= 0.6 is 11.6 Å². The lowest BCUT2D eigenvalue weighted by atomic mass is 10.2. The third-order valence-electron chi connectivity index (χ3n) is 2.01. The van der Waals surface area contributed by atoms with Crippen LogP contribution in [0.4, 0.5) is 0 Å². The molecule has 0 aliphatic rings. The first kappa shape index (κ1) is 12.8. The molecule has 1 aromatic carbocycles. The molecule has 5 heteroatoms. The zero-order valence-electron chi connectivity index (χ0n) is 9.00. The van der Waals surface area contributed by atoms with E-state index in [2.05, 4.69) is 5.32 Å². The Balaban J connectivity index is 2.48. The Labute approximate surface area is 99.2 Å². The van der Waals surface area contributed by atoms with Gasteiger partial charge >= 0.3 is 0 Å². The molecule has 2 N–H and O–H groups in total. The predicted molar refractivity (Wildman–Crippen MR) is 61.8 cm³/mol. The molecule has 0 unspecified atom stereocenters. The van der Waals surface area contributed by atoms with Crippen LogP contribution in [0.15, 0.2) is 18.2 Å². The Kier molecular flexibility index (Phi) is 5.08. The molecule has 0 fully saturated rings. The molecule has 0 spiro atoms. The standard InChI is InChI=1S/C11H14ClNO3/c1-8-9(12)3-2-4-10(8)16-7-11(15)13-5-6-14/h2-4,14H,5-7H2,1H3,(H,13,15). The summed E-state index contributed by atoms with van der Waals surface area (Å²) in [6.45, 7) is 1.89. The molecule has 0 aliphatic heterocycles. The van der Waals surface area contributed by atoms with E-state index in [1.54, 1.807) is 18.2 Å². The van der Waals surface area contributed by atoms with Crippen LogP contribution < -0.4 is 10.1 Å². The maximum atomic E-state index is 11.2. The largest absolute Gasteiger partial charge is 0.483 e. The highest BCUT2D eigenvalue weighted by Crippen LogP contribution is 2.24. The number of aliphatic hydroxyl groups is 1. The molecule has 0 radical (unpaired) electrons. The van der Waals surface area contributed by atoms with Crippen molar-refractivity contribution in [3.8, 4) is 5.75 Å². The van der Waals surface area contributed by atoms with Crippen molar-refractivity contribution in [1.29, 1.82) is 0 Å². The van der Waals surface area contributed by atoms with Gasteiger partial charge in [-0.3, -0.25) is 4.79 Å². The van der Waals surface area contributed by atoms with Crippen LogP contribution in [-0.2, 0) is 4.79 Å². The van der Waals surface area contributed by atoms with Crippen molar-refractivity contribution in [3.63, 3.8) is 0 Å². The fourth-order valence-electron chi connectivity index (χ4n) is 1.13. The first-order valence-corrected chi connectivity index (χ1v) is 5.28. The molecule has 0 aliphatic carbocycles. The second-order valence-electron chi connectivity index (χ2n) is 3.23. The maximum absolute atomic E-state index is 11.2. The topological polar surface area (TPSA) is 58.6 Å². The van der Waals surface area contributed by atoms with Gasteiger partial charge in [0.15, 0.2) is 6.61 Å². The molecule has 0 heterocycles. The normalized spacial score (nSPS) is 9.94. The van der Waals surface area contributed by atoms with E-state index in [-0.39, 0.29) is 25.7 Å². The lowest BCUT2D eigenvalue weighted by Crippen LogP contribution is -2.31. The summed E-state index contributed by atoms with van der Waals surface area (Å²) in [5.41, 5.74) is 0.805. The van der Waals surface area contributed by atoms with Crippen LogP contribution in [0.1, 0.15) is 5.56 Å². The first-order valence-electron chi connectivity index (χ1n) is 4.90. The van der Waals surface area contributed by atoms with Crippen LogP contribution in [0.3, 0.4) is 0 Å². The minimum absolute atomic E-state index is 0.0814. The Bertz CT molecular complexity index is 368. The molecule has 1 aromatic rings. The summed E-state index contributed by atoms with van der Waals surface area (Å²) in [5, 5.41) is 11.6. The minimum atomic E-state index is -0.270. The lowest BCUT2D eigenvalue weighted by Gasteiger charge is -2.09. The van der Waals surface area contributed by atoms with Crippen LogP contribution in [-0.4, -0.2) is 30.8 Å². The molecule has 1 amide bonds. The Morgan fingerprint density at radius 1 is 1.56 bits per heavy atom. The number of amides is 1. The number of benzene rings is 1. The van der Waals surface area contributed by atoms with E-state index in [9.17, 15) is 4.79 Å². The third-order valence-corrected chi connectivity index (χ3v) is 2.42. The summed E-state index contributed by atoms with van der Waals surface area (Å²) in [4.78, 5) is 11.2. The van der Waals surface area contributed by atoms with Crippen molar-refractivity contribution >= 4 is 17.5 Å². The van der Waals surface area contributed by atoms with Gasteiger partial charge in [-0.05, 0) is 19.1 Å². The summed E-state index contributed by atoms with van der Waals surface area (Å²) < 4.78 is 5.30. The van der Waals surface area contributed by atoms with Gasteiger partial charge in [0.1, 0.15) is 5.75 Å². The summed E-state index contributed by atoms with van der Waals surface area (Å²) in [5.74, 6) is 0.320. The average Bonchev–Trinajstić information content (AvgIpc) is 2.28. The molecule has 0 atom stereocenters. The fourth-order valence-corrected chi connectivity index (χ4v) is 1.30. The van der Waals surface area contributed by atoms with Gasteiger partial charge in [-0.1, -0.05) is 17.7 Å². The minimum Gasteiger partial charge on any atom is -0.483 e. The Morgan fingerprint density at radius 2 is 2.31 bits per heavy atom. The number of nitrogens with one attached hydrogen (secondary N) is 1. The number of hydrogen-bond donors (Lipinski definition) is 2. The molecule has 4 nitrogen and oxygen atoms in total. The number of carbonyl (C=O) groups excluding carboxylic acids is 1. The van der Waals surface area contributed by atoms with Crippen molar-refractivity contribution in [2.75, 3.05) is 19.8 Å². The molecule has 0 aromatic heterocycles. The Hall–Kier alpha value is -1.26. The maximum Gasteiger partial charge on any atom is 0.258 e. The van der Waals surface area contributed by atoms with Gasteiger partial charge in [0.25, 0.3) is 5.91 Å². The zero-order chi connectivity index (χ0) is 12.0. The number of hydrogen-bond acceptors (Lipinski definition) is 3. The van der Waals surface area contributed by atoms with Crippen molar-refractivity contribution in [3.05, 3.63) is 28.8 Å². The van der Waals surface area contributed by atoms with E-state index >= 15 is 0 Å². The van der Waals surface area contributed by atoms with E-state index in [0.29, 0.717) is 10.8 Å². The highest BCUT2D eigenvalue weighted by Gasteiger charge is 2.05. The van der Waals surface area contributed by atoms with E-state index in [4.69, 9.17) is 21.4 Å². The van der Waals surface area contributed by atoms with Crippen LogP contribution in [0.25, 0.3) is 0 Å². The van der Waals surface area contributed by atoms with Crippen LogP contribution in [0.5, 0.6) is 5.75 Å². The van der Waals surface area contributed by atoms with Gasteiger partial charge in [0.05, 0.1) is 6.61 Å². The summed E-state index contributed by atoms with van der Waals surface area (Å²) in [7, 11) is 0. The average molecular weight is 244 g/mol. The SMILES string of the molecule is Cc1c(Cl)cccc1OCC(=O)NCCO. The first-order chi connectivity index (χ1) is 7.65. The number of ether oxygens (including phenoxy) is 1. The summed E-state index contributed by atoms with van der Waals surface area (Å²) >= 11 is 5.90. The molecular weight excluding hydrogens is 230 g/mol. The second kappa shape index (κ2) is 6.35. The summed E-state index contributed by atoms with van der Waals surface area (Å²) in [6, 6.07) is 5.27. The predicted octanol–water partition coefficient (Wildman–Crippen LogP) is 1.14. The van der Waals surface area contributed by atoms with Gasteiger partial charge in [-0.25, -0.2) is 0 Å². The van der Waals surface area contributed by atoms with Crippen molar-refractivity contribution < 1.29 is 14.6 Å². The number of carbonyl (C=O) groups is 1. The van der Waals surface area contributed by atoms with Crippen LogP contribution in [0.2, 0.25) is 5.02 Å². The van der Waals surface area contributed by atoms with Gasteiger partial charge in [0.2, 0.25) is 0 Å². The van der Waals surface area contributed by atoms with E-state index in [0.717, 1.165) is 5.56 Å². The smallest absolute Gasteiger partial charge is 0.258 e. The number of halogens is 1. The molecule has 0 saturated heterocycles. The lowest BCUT2D eigenvalue weighted by molar-refractivity contribution is -0.123. The zero-order valence-corrected chi connectivity index (χ0v) is 9.75. The van der Waals surface area contributed by atoms with Gasteiger partial charge in [-0.15, -0.1) is 0 Å². The molecule has 88 valence electrons. The second-order valence-corrected chi connectivity index (χ2v) is 3.63. The molecule has 0 bridgehead atoms. The van der Waals surface area contributed by atoms with Crippen LogP contribution in [0, 0.1) is 6.92 Å². The highest BCUT2D eigenvalue weighted by atomic mass is 35.5. The molecular formula is C11H14ClNO3. The van der Waals surface area contributed by atoms with Gasteiger partial charge in [-0.2, -0.15) is 0 Å². The van der Waals surface area contributed by atoms with Crippen molar-refractivity contribution in [1.82, 2.24) is 5.32 Å². The van der Waals surface area contributed by atoms with Gasteiger partial charge < -0.3 is 15.2 Å². The number of aliphatic hydroxyl groups excluding tert-OH is 1. The molecule has 0 saturated carbocycles. The van der Waals surface area contributed by atoms with E-state index < -0.39 is 0 Å². The van der Waals surface area contributed by atoms with Crippen molar-refractivity contribution in [2.45, 2.75) is 6.92 Å². The van der Waals surface area contributed by atoms with E-state index in [1.807, 2.05) is 6.92 Å². The number of rotatable bonds is 5. The van der Waals surface area contributed by atoms with E-state index in [1.165, 1.54) is 0 Å². The monoisotopic (exact) mass is 243 g/mol. The third kappa shape index (κ3) is 3.72. The molecule has 16 heavy (non-hydrogen) atoms. The Morgan fingerprint density at radius 3 is 3.00 bits per heavy atom. The molecule has 1 rings (SSSR count). The fraction of sp³-hybridized carbons (Fsp3) is 0.364. The van der Waals surface area contributed by atoms with Gasteiger partial charge in [0, 0.05) is 17.1 Å².